The normalized spacial score (nSPS) is 30.4. The molecular weight excluding hydrogens is 269 g/mol. The first kappa shape index (κ1) is 13.7. The van der Waals surface area contributed by atoms with Crippen LogP contribution in [0.1, 0.15) is 24.8 Å². The van der Waals surface area contributed by atoms with E-state index in [9.17, 15) is 18.3 Å². The monoisotopic (exact) mass is 286 g/mol. The number of piperidine rings is 1. The molecule has 0 radical (unpaired) electrons. The Hall–Kier alpha value is -1.30. The molecule has 1 aliphatic heterocycles. The van der Waals surface area contributed by atoms with Crippen molar-refractivity contribution in [3.05, 3.63) is 23.9 Å². The molecule has 1 N–H and O–H groups in total. The lowest BCUT2D eigenvalue weighted by molar-refractivity contribution is -0.137. The van der Waals surface area contributed by atoms with E-state index in [1.165, 1.54) is 12.3 Å². The van der Waals surface area contributed by atoms with Crippen molar-refractivity contribution in [2.75, 3.05) is 18.0 Å². The fraction of sp³-hybridized carbons (Fsp3) is 0.643. The van der Waals surface area contributed by atoms with Crippen molar-refractivity contribution in [2.45, 2.75) is 31.5 Å². The van der Waals surface area contributed by atoms with Gasteiger partial charge in [0, 0.05) is 31.1 Å². The highest BCUT2D eigenvalue weighted by Crippen LogP contribution is 2.40. The Morgan fingerprint density at radius 1 is 1.20 bits per heavy atom. The molecule has 0 aromatic carbocycles. The molecule has 2 atom stereocenters. The second-order valence-electron chi connectivity index (χ2n) is 5.72. The summed E-state index contributed by atoms with van der Waals surface area (Å²) in [7, 11) is 0. The molecule has 2 aliphatic rings. The van der Waals surface area contributed by atoms with Gasteiger partial charge in [-0.3, -0.25) is 0 Å². The van der Waals surface area contributed by atoms with Crippen molar-refractivity contribution in [3.8, 4) is 0 Å². The highest BCUT2D eigenvalue weighted by molar-refractivity contribution is 5.49. The van der Waals surface area contributed by atoms with Crippen LogP contribution in [0.25, 0.3) is 0 Å². The largest absolute Gasteiger partial charge is 0.419 e. The smallest absolute Gasteiger partial charge is 0.392 e. The Kier molecular flexibility index (Phi) is 3.36. The molecule has 3 rings (SSSR count). The molecule has 2 bridgehead atoms. The average molecular weight is 286 g/mol. The van der Waals surface area contributed by atoms with Gasteiger partial charge in [0.25, 0.3) is 0 Å². The van der Waals surface area contributed by atoms with Crippen molar-refractivity contribution < 1.29 is 18.3 Å². The van der Waals surface area contributed by atoms with E-state index in [4.69, 9.17) is 0 Å². The maximum atomic E-state index is 13.1. The standard InChI is InChI=1S/C14H17F3N2O/c15-14(16,17)11-5-2-6-18-13(11)19-7-9-3-1-4-10(8-19)12(9)20/h2,5-6,9-10,12,20H,1,3-4,7-8H2/t9-,10-/m0/s1. The van der Waals surface area contributed by atoms with Gasteiger partial charge in [0.05, 0.1) is 11.7 Å². The molecule has 0 amide bonds. The second kappa shape index (κ2) is 4.91. The van der Waals surface area contributed by atoms with Gasteiger partial charge in [-0.05, 0) is 25.0 Å². The topological polar surface area (TPSA) is 36.4 Å². The zero-order chi connectivity index (χ0) is 14.3. The van der Waals surface area contributed by atoms with Gasteiger partial charge in [-0.2, -0.15) is 13.2 Å². The fourth-order valence-corrected chi connectivity index (χ4v) is 3.45. The van der Waals surface area contributed by atoms with Crippen molar-refractivity contribution in [1.82, 2.24) is 4.98 Å². The van der Waals surface area contributed by atoms with Gasteiger partial charge in [-0.1, -0.05) is 6.42 Å². The summed E-state index contributed by atoms with van der Waals surface area (Å²) in [6, 6.07) is 2.38. The van der Waals surface area contributed by atoms with Gasteiger partial charge >= 0.3 is 6.18 Å². The fourth-order valence-electron chi connectivity index (χ4n) is 3.45. The highest BCUT2D eigenvalue weighted by atomic mass is 19.4. The number of aliphatic hydroxyl groups excluding tert-OH is 1. The third-order valence-electron chi connectivity index (χ3n) is 4.42. The molecule has 2 fully saturated rings. The Balaban J connectivity index is 1.91. The van der Waals surface area contributed by atoms with Crippen molar-refractivity contribution in [2.24, 2.45) is 11.8 Å². The molecule has 2 heterocycles. The third-order valence-corrected chi connectivity index (χ3v) is 4.42. The minimum Gasteiger partial charge on any atom is -0.392 e. The lowest BCUT2D eigenvalue weighted by Gasteiger charge is -2.45. The molecule has 6 heteroatoms. The number of pyridine rings is 1. The molecule has 1 saturated carbocycles. The molecule has 1 aromatic heterocycles. The van der Waals surface area contributed by atoms with Crippen LogP contribution in [-0.4, -0.2) is 29.3 Å². The van der Waals surface area contributed by atoms with Crippen molar-refractivity contribution in [3.63, 3.8) is 0 Å². The molecule has 0 spiro atoms. The minimum absolute atomic E-state index is 0.00352. The van der Waals surface area contributed by atoms with Crippen LogP contribution in [0.4, 0.5) is 19.0 Å². The van der Waals surface area contributed by atoms with Crippen LogP contribution in [-0.2, 0) is 6.18 Å². The molecular formula is C14H17F3N2O. The zero-order valence-corrected chi connectivity index (χ0v) is 11.0. The number of hydrogen-bond donors (Lipinski definition) is 1. The zero-order valence-electron chi connectivity index (χ0n) is 11.0. The number of halogens is 3. The first-order valence-corrected chi connectivity index (χ1v) is 6.92. The summed E-state index contributed by atoms with van der Waals surface area (Å²) in [6.45, 7) is 0.912. The molecule has 20 heavy (non-hydrogen) atoms. The number of nitrogens with zero attached hydrogens (tertiary/aromatic N) is 2. The maximum Gasteiger partial charge on any atom is 0.419 e. The molecule has 1 saturated heterocycles. The van der Waals surface area contributed by atoms with E-state index < -0.39 is 11.7 Å². The molecule has 3 nitrogen and oxygen atoms in total. The summed E-state index contributed by atoms with van der Waals surface area (Å²) in [6.07, 6.45) is -0.572. The van der Waals surface area contributed by atoms with Crippen LogP contribution in [0.15, 0.2) is 18.3 Å². The third kappa shape index (κ3) is 2.37. The first-order chi connectivity index (χ1) is 9.47. The maximum absolute atomic E-state index is 13.1. The summed E-state index contributed by atoms with van der Waals surface area (Å²) in [5.41, 5.74) is -0.686. The van der Waals surface area contributed by atoms with Gasteiger partial charge in [0.2, 0.25) is 0 Å². The number of hydrogen-bond acceptors (Lipinski definition) is 3. The number of alkyl halides is 3. The Bertz CT molecular complexity index is 478. The predicted molar refractivity (Wildman–Crippen MR) is 68.3 cm³/mol. The number of anilines is 1. The minimum atomic E-state index is -4.39. The quantitative estimate of drug-likeness (QED) is 0.862. The second-order valence-corrected chi connectivity index (χ2v) is 5.72. The highest BCUT2D eigenvalue weighted by Gasteiger charge is 2.42. The van der Waals surface area contributed by atoms with Crippen LogP contribution in [0.5, 0.6) is 0 Å². The van der Waals surface area contributed by atoms with E-state index >= 15 is 0 Å². The van der Waals surface area contributed by atoms with E-state index in [2.05, 4.69) is 4.98 Å². The van der Waals surface area contributed by atoms with Crippen LogP contribution < -0.4 is 4.90 Å². The van der Waals surface area contributed by atoms with Crippen LogP contribution >= 0.6 is 0 Å². The van der Waals surface area contributed by atoms with E-state index in [1.54, 1.807) is 4.90 Å². The molecule has 1 aliphatic carbocycles. The Morgan fingerprint density at radius 2 is 1.85 bits per heavy atom. The van der Waals surface area contributed by atoms with Crippen LogP contribution in [0.3, 0.4) is 0 Å². The van der Waals surface area contributed by atoms with E-state index in [0.717, 1.165) is 25.3 Å². The molecule has 110 valence electrons. The number of aromatic nitrogens is 1. The van der Waals surface area contributed by atoms with Crippen LogP contribution in [0.2, 0.25) is 0 Å². The van der Waals surface area contributed by atoms with Gasteiger partial charge in [-0.15, -0.1) is 0 Å². The first-order valence-electron chi connectivity index (χ1n) is 6.92. The number of rotatable bonds is 1. The van der Waals surface area contributed by atoms with Gasteiger partial charge in [0.1, 0.15) is 5.82 Å². The van der Waals surface area contributed by atoms with E-state index in [-0.39, 0.29) is 23.8 Å². The summed E-state index contributed by atoms with van der Waals surface area (Å²) in [4.78, 5) is 5.64. The Morgan fingerprint density at radius 3 is 2.45 bits per heavy atom. The number of aliphatic hydroxyl groups is 1. The lowest BCUT2D eigenvalue weighted by atomic mass is 9.75. The van der Waals surface area contributed by atoms with Gasteiger partial charge in [0.15, 0.2) is 0 Å². The Labute approximate surface area is 115 Å². The summed E-state index contributed by atoms with van der Waals surface area (Å²) < 4.78 is 39.2. The molecule has 1 aromatic rings. The van der Waals surface area contributed by atoms with Gasteiger partial charge < -0.3 is 10.0 Å². The molecule has 0 unspecified atom stereocenters. The van der Waals surface area contributed by atoms with E-state index in [0.29, 0.717) is 13.1 Å². The van der Waals surface area contributed by atoms with Crippen LogP contribution in [0, 0.1) is 11.8 Å². The summed E-state index contributed by atoms with van der Waals surface area (Å²) in [5.74, 6) is 0.125. The van der Waals surface area contributed by atoms with Crippen molar-refractivity contribution >= 4 is 5.82 Å². The van der Waals surface area contributed by atoms with E-state index in [1.807, 2.05) is 0 Å². The number of fused-ring (bicyclic) bond motifs is 2. The summed E-state index contributed by atoms with van der Waals surface area (Å²) in [5, 5.41) is 10.1. The lowest BCUT2D eigenvalue weighted by Crippen LogP contribution is -2.52. The SMILES string of the molecule is OC1[C@H]2CCC[C@H]1CN(c1ncccc1C(F)(F)F)C2. The predicted octanol–water partition coefficient (Wildman–Crippen LogP) is 2.70. The van der Waals surface area contributed by atoms with Gasteiger partial charge in [-0.25, -0.2) is 4.98 Å². The average Bonchev–Trinajstić information content (AvgIpc) is 2.37. The van der Waals surface area contributed by atoms with Crippen molar-refractivity contribution in [1.29, 1.82) is 0 Å². The summed E-state index contributed by atoms with van der Waals surface area (Å²) >= 11 is 0.